The maximum absolute atomic E-state index is 11.9. The number of sulfonamides is 1. The lowest BCUT2D eigenvalue weighted by Crippen LogP contribution is -2.30. The molecule has 0 radical (unpaired) electrons. The van der Waals surface area contributed by atoms with E-state index in [1.54, 1.807) is 12.3 Å². The van der Waals surface area contributed by atoms with Gasteiger partial charge in [-0.05, 0) is 47.4 Å². The van der Waals surface area contributed by atoms with Crippen molar-refractivity contribution < 1.29 is 8.42 Å². The molecule has 0 aliphatic carbocycles. The Balaban J connectivity index is 0.00000162. The summed E-state index contributed by atoms with van der Waals surface area (Å²) in [6.45, 7) is 2.31. The fourth-order valence-corrected chi connectivity index (χ4v) is 3.36. The van der Waals surface area contributed by atoms with E-state index >= 15 is 0 Å². The molecule has 18 heavy (non-hydrogen) atoms. The number of pyridine rings is 1. The van der Waals surface area contributed by atoms with Crippen molar-refractivity contribution in [2.45, 2.75) is 11.3 Å². The van der Waals surface area contributed by atoms with Gasteiger partial charge in [0.25, 0.3) is 0 Å². The summed E-state index contributed by atoms with van der Waals surface area (Å²) < 4.78 is 27.2. The van der Waals surface area contributed by atoms with E-state index in [9.17, 15) is 8.42 Å². The minimum absolute atomic E-state index is 0. The van der Waals surface area contributed by atoms with Gasteiger partial charge in [-0.25, -0.2) is 13.1 Å². The lowest BCUT2D eigenvalue weighted by atomic mass is 10.1. The molecular weight excluding hydrogens is 342 g/mol. The monoisotopic (exact) mass is 355 g/mol. The van der Waals surface area contributed by atoms with Crippen molar-refractivity contribution in [3.63, 3.8) is 0 Å². The van der Waals surface area contributed by atoms with Crippen molar-refractivity contribution in [2.75, 3.05) is 19.6 Å². The molecular formula is C10H15BrClN3O2S. The van der Waals surface area contributed by atoms with Crippen molar-refractivity contribution in [3.05, 3.63) is 22.9 Å². The molecule has 0 amide bonds. The van der Waals surface area contributed by atoms with Crippen LogP contribution in [-0.4, -0.2) is 33.0 Å². The molecule has 1 saturated heterocycles. The van der Waals surface area contributed by atoms with Crippen molar-refractivity contribution in [1.29, 1.82) is 0 Å². The SMILES string of the molecule is Cl.O=S(=O)(NCC1CCNC1)c1cncc(Br)c1. The predicted molar refractivity (Wildman–Crippen MR) is 75.4 cm³/mol. The Labute approximate surface area is 121 Å². The lowest BCUT2D eigenvalue weighted by molar-refractivity contribution is 0.538. The molecule has 0 spiro atoms. The Morgan fingerprint density at radius 1 is 1.50 bits per heavy atom. The van der Waals surface area contributed by atoms with Gasteiger partial charge in [0, 0.05) is 23.4 Å². The normalized spacial score (nSPS) is 19.5. The van der Waals surface area contributed by atoms with Crippen LogP contribution in [0.4, 0.5) is 0 Å². The second-order valence-corrected chi connectivity index (χ2v) is 6.73. The molecule has 2 heterocycles. The molecule has 0 aromatic carbocycles. The van der Waals surface area contributed by atoms with Gasteiger partial charge >= 0.3 is 0 Å². The van der Waals surface area contributed by atoms with Crippen LogP contribution in [0.25, 0.3) is 0 Å². The second-order valence-electron chi connectivity index (χ2n) is 4.05. The third-order valence-electron chi connectivity index (χ3n) is 2.71. The number of nitrogens with one attached hydrogen (secondary N) is 2. The largest absolute Gasteiger partial charge is 0.316 e. The summed E-state index contributed by atoms with van der Waals surface area (Å²) in [7, 11) is -3.44. The van der Waals surface area contributed by atoms with Crippen LogP contribution in [0.1, 0.15) is 6.42 Å². The molecule has 0 saturated carbocycles. The predicted octanol–water partition coefficient (Wildman–Crippen LogP) is 1.15. The first-order valence-corrected chi connectivity index (χ1v) is 7.66. The number of halogens is 2. The number of rotatable bonds is 4. The molecule has 8 heteroatoms. The maximum atomic E-state index is 11.9. The molecule has 1 aromatic heterocycles. The van der Waals surface area contributed by atoms with E-state index < -0.39 is 10.0 Å². The van der Waals surface area contributed by atoms with Gasteiger partial charge in [0.05, 0.1) is 0 Å². The van der Waals surface area contributed by atoms with Crippen LogP contribution in [-0.2, 0) is 10.0 Å². The Hall–Kier alpha value is -0.210. The molecule has 1 unspecified atom stereocenters. The average Bonchev–Trinajstić information content (AvgIpc) is 2.79. The molecule has 1 fully saturated rings. The van der Waals surface area contributed by atoms with Crippen LogP contribution in [0.15, 0.2) is 27.8 Å². The topological polar surface area (TPSA) is 71.1 Å². The van der Waals surface area contributed by atoms with Crippen molar-refractivity contribution in [1.82, 2.24) is 15.0 Å². The fraction of sp³-hybridized carbons (Fsp3) is 0.500. The minimum Gasteiger partial charge on any atom is -0.316 e. The Kier molecular flexibility index (Phi) is 6.00. The van der Waals surface area contributed by atoms with Crippen LogP contribution in [0.2, 0.25) is 0 Å². The number of nitrogens with zero attached hydrogens (tertiary/aromatic N) is 1. The van der Waals surface area contributed by atoms with E-state index in [1.165, 1.54) is 6.20 Å². The summed E-state index contributed by atoms with van der Waals surface area (Å²) in [6, 6.07) is 1.54. The maximum Gasteiger partial charge on any atom is 0.242 e. The van der Waals surface area contributed by atoms with E-state index in [4.69, 9.17) is 0 Å². The average molecular weight is 357 g/mol. The van der Waals surface area contributed by atoms with Gasteiger partial charge in [0.15, 0.2) is 0 Å². The molecule has 1 aliphatic heterocycles. The number of hydrogen-bond donors (Lipinski definition) is 2. The Morgan fingerprint density at radius 2 is 2.28 bits per heavy atom. The molecule has 1 atom stereocenters. The van der Waals surface area contributed by atoms with Crippen LogP contribution in [0.3, 0.4) is 0 Å². The summed E-state index contributed by atoms with van der Waals surface area (Å²) >= 11 is 3.21. The van der Waals surface area contributed by atoms with Gasteiger partial charge in [0.2, 0.25) is 10.0 Å². The highest BCUT2D eigenvalue weighted by molar-refractivity contribution is 9.10. The molecule has 0 bridgehead atoms. The van der Waals surface area contributed by atoms with E-state index in [0.29, 0.717) is 16.9 Å². The van der Waals surface area contributed by atoms with Crippen molar-refractivity contribution >= 4 is 38.4 Å². The summed E-state index contributed by atoms with van der Waals surface area (Å²) in [5.74, 6) is 0.380. The smallest absolute Gasteiger partial charge is 0.242 e. The van der Waals surface area contributed by atoms with Crippen LogP contribution in [0, 0.1) is 5.92 Å². The Morgan fingerprint density at radius 3 is 2.89 bits per heavy atom. The fourth-order valence-electron chi connectivity index (χ4n) is 1.74. The zero-order valence-corrected chi connectivity index (χ0v) is 12.8. The first kappa shape index (κ1) is 15.8. The summed E-state index contributed by atoms with van der Waals surface area (Å²) in [6.07, 6.45) is 3.92. The molecule has 2 rings (SSSR count). The summed E-state index contributed by atoms with van der Waals surface area (Å²) in [5.41, 5.74) is 0. The summed E-state index contributed by atoms with van der Waals surface area (Å²) in [4.78, 5) is 4.04. The van der Waals surface area contributed by atoms with Gasteiger partial charge in [-0.3, -0.25) is 4.98 Å². The molecule has 5 nitrogen and oxygen atoms in total. The second kappa shape index (κ2) is 6.81. The molecule has 2 N–H and O–H groups in total. The highest BCUT2D eigenvalue weighted by atomic mass is 79.9. The molecule has 102 valence electrons. The zero-order chi connectivity index (χ0) is 12.3. The number of hydrogen-bond acceptors (Lipinski definition) is 4. The van der Waals surface area contributed by atoms with Crippen LogP contribution in [0.5, 0.6) is 0 Å². The van der Waals surface area contributed by atoms with Gasteiger partial charge in [-0.15, -0.1) is 12.4 Å². The van der Waals surface area contributed by atoms with Gasteiger partial charge in [0.1, 0.15) is 4.90 Å². The molecule has 1 aromatic rings. The highest BCUT2D eigenvalue weighted by Crippen LogP contribution is 2.14. The lowest BCUT2D eigenvalue weighted by Gasteiger charge is -2.10. The zero-order valence-electron chi connectivity index (χ0n) is 9.60. The van der Waals surface area contributed by atoms with E-state index in [0.717, 1.165) is 19.5 Å². The van der Waals surface area contributed by atoms with E-state index in [2.05, 4.69) is 31.0 Å². The van der Waals surface area contributed by atoms with Crippen molar-refractivity contribution in [2.24, 2.45) is 5.92 Å². The first-order valence-electron chi connectivity index (χ1n) is 5.39. The number of aromatic nitrogens is 1. The minimum atomic E-state index is -3.44. The quantitative estimate of drug-likeness (QED) is 0.849. The van der Waals surface area contributed by atoms with Gasteiger partial charge in [-0.2, -0.15) is 0 Å². The first-order chi connectivity index (χ1) is 8.08. The summed E-state index contributed by atoms with van der Waals surface area (Å²) in [5, 5.41) is 3.20. The van der Waals surface area contributed by atoms with Crippen LogP contribution < -0.4 is 10.0 Å². The Bertz CT molecular complexity index is 492. The van der Waals surface area contributed by atoms with Gasteiger partial charge < -0.3 is 5.32 Å². The third kappa shape index (κ3) is 4.17. The van der Waals surface area contributed by atoms with E-state index in [1.807, 2.05) is 0 Å². The van der Waals surface area contributed by atoms with Crippen molar-refractivity contribution in [3.8, 4) is 0 Å². The van der Waals surface area contributed by atoms with Crippen LogP contribution >= 0.6 is 28.3 Å². The van der Waals surface area contributed by atoms with Gasteiger partial charge in [-0.1, -0.05) is 0 Å². The standard InChI is InChI=1S/C10H14BrN3O2S.ClH/c11-9-3-10(7-13-6-9)17(15,16)14-5-8-1-2-12-4-8;/h3,6-8,12,14H,1-2,4-5H2;1H. The third-order valence-corrected chi connectivity index (χ3v) is 4.54. The highest BCUT2D eigenvalue weighted by Gasteiger charge is 2.19. The van der Waals surface area contributed by atoms with E-state index in [-0.39, 0.29) is 17.3 Å². The molecule has 1 aliphatic rings.